The molecule has 3 rings (SSSR count). The van der Waals surface area contributed by atoms with E-state index in [2.05, 4.69) is 9.98 Å². The molecule has 7 heteroatoms. The van der Waals surface area contributed by atoms with Gasteiger partial charge in [-0.25, -0.2) is 4.98 Å². The molecule has 0 bridgehead atoms. The number of nitrogens with zero attached hydrogens (tertiary/aromatic N) is 3. The first-order chi connectivity index (χ1) is 12.1. The van der Waals surface area contributed by atoms with Crippen molar-refractivity contribution in [1.29, 1.82) is 0 Å². The van der Waals surface area contributed by atoms with Crippen LogP contribution in [0.4, 0.5) is 5.69 Å². The number of rotatable bonds is 4. The largest absolute Gasteiger partial charge is 0.477 e. The van der Waals surface area contributed by atoms with E-state index in [0.717, 1.165) is 5.75 Å². The zero-order chi connectivity index (χ0) is 17.8. The summed E-state index contributed by atoms with van der Waals surface area (Å²) in [5, 5.41) is 1.29. The van der Waals surface area contributed by atoms with E-state index in [4.69, 9.17) is 16.3 Å². The number of benzene rings is 1. The maximum Gasteiger partial charge on any atom is 0.269 e. The Kier molecular flexibility index (Phi) is 5.60. The maximum absolute atomic E-state index is 13.3. The van der Waals surface area contributed by atoms with E-state index in [1.54, 1.807) is 47.1 Å². The number of pyridine rings is 1. The number of amides is 1. The molecule has 0 saturated carbocycles. The molecule has 0 saturated heterocycles. The van der Waals surface area contributed by atoms with Gasteiger partial charge in [0.25, 0.3) is 5.91 Å². The van der Waals surface area contributed by atoms with Crippen molar-refractivity contribution >= 4 is 40.1 Å². The molecule has 1 amide bonds. The number of hydrogen-bond acceptors (Lipinski definition) is 5. The zero-order valence-corrected chi connectivity index (χ0v) is 15.5. The van der Waals surface area contributed by atoms with Crippen LogP contribution in [-0.2, 0) is 0 Å². The van der Waals surface area contributed by atoms with Crippen LogP contribution < -0.4 is 9.64 Å². The zero-order valence-electron chi connectivity index (χ0n) is 14.0. The van der Waals surface area contributed by atoms with Gasteiger partial charge < -0.3 is 4.74 Å². The summed E-state index contributed by atoms with van der Waals surface area (Å²) in [5.74, 6) is 0.947. The van der Waals surface area contributed by atoms with Crippen LogP contribution in [0.3, 0.4) is 0 Å². The highest BCUT2D eigenvalue weighted by Crippen LogP contribution is 2.29. The van der Waals surface area contributed by atoms with Crippen LogP contribution in [0.25, 0.3) is 0 Å². The van der Waals surface area contributed by atoms with Crippen LogP contribution in [0.1, 0.15) is 24.2 Å². The maximum atomic E-state index is 13.3. The Bertz CT molecular complexity index is 795. The van der Waals surface area contributed by atoms with Gasteiger partial charge in [0.1, 0.15) is 5.56 Å². The first kappa shape index (κ1) is 17.8. The summed E-state index contributed by atoms with van der Waals surface area (Å²) < 4.78 is 5.52. The average Bonchev–Trinajstić information content (AvgIpc) is 3.03. The Morgan fingerprint density at radius 3 is 2.76 bits per heavy atom. The first-order valence-electron chi connectivity index (χ1n) is 7.98. The molecule has 5 nitrogen and oxygen atoms in total. The molecule has 1 atom stereocenters. The molecule has 130 valence electrons. The molecule has 25 heavy (non-hydrogen) atoms. The Hall–Kier alpha value is -2.05. The van der Waals surface area contributed by atoms with Gasteiger partial charge in [-0.3, -0.25) is 14.7 Å². The molecular formula is C18H18ClN3O2S. The molecule has 0 N–H and O–H groups in total. The van der Waals surface area contributed by atoms with Crippen LogP contribution >= 0.6 is 23.4 Å². The van der Waals surface area contributed by atoms with Gasteiger partial charge in [-0.05, 0) is 50.2 Å². The fourth-order valence-corrected chi connectivity index (χ4v) is 3.57. The molecular weight excluding hydrogens is 358 g/mol. The van der Waals surface area contributed by atoms with Gasteiger partial charge in [0, 0.05) is 17.0 Å². The van der Waals surface area contributed by atoms with Gasteiger partial charge in [-0.15, -0.1) is 0 Å². The van der Waals surface area contributed by atoms with Crippen molar-refractivity contribution in [3.8, 4) is 5.88 Å². The molecule has 0 spiro atoms. The SMILES string of the molecule is CCOc1ncccc1C(=O)N(C1=N[C@@H](C)CS1)c1ccc(Cl)cc1. The Balaban J connectivity index is 2.04. The highest BCUT2D eigenvalue weighted by molar-refractivity contribution is 8.14. The standard InChI is InChI=1S/C18H18ClN3O2S/c1-3-24-16-15(5-4-10-20-16)17(23)22(18-21-12(2)11-25-18)14-8-6-13(19)7-9-14/h4-10,12H,3,11H2,1-2H3/t12-/m0/s1. The number of hydrogen-bond donors (Lipinski definition) is 0. The number of ether oxygens (including phenoxy) is 1. The van der Waals surface area contributed by atoms with Crippen molar-refractivity contribution in [3.05, 3.63) is 53.2 Å². The van der Waals surface area contributed by atoms with Crippen molar-refractivity contribution < 1.29 is 9.53 Å². The summed E-state index contributed by atoms with van der Waals surface area (Å²) in [6.07, 6.45) is 1.61. The van der Waals surface area contributed by atoms with E-state index >= 15 is 0 Å². The molecule has 1 aromatic heterocycles. The second-order valence-corrected chi connectivity index (χ2v) is 6.90. The predicted octanol–water partition coefficient (Wildman–Crippen LogP) is 4.27. The third-order valence-corrected chi connectivity index (χ3v) is 4.99. The van der Waals surface area contributed by atoms with Gasteiger partial charge in [0.2, 0.25) is 5.88 Å². The van der Waals surface area contributed by atoms with Crippen LogP contribution in [0.2, 0.25) is 5.02 Å². The van der Waals surface area contributed by atoms with E-state index in [1.165, 1.54) is 0 Å². The minimum atomic E-state index is -0.223. The topological polar surface area (TPSA) is 54.8 Å². The predicted molar refractivity (Wildman–Crippen MR) is 103 cm³/mol. The van der Waals surface area contributed by atoms with Crippen LogP contribution in [0, 0.1) is 0 Å². The van der Waals surface area contributed by atoms with E-state index in [0.29, 0.717) is 33.9 Å². The molecule has 2 heterocycles. The lowest BCUT2D eigenvalue weighted by molar-refractivity contribution is 0.0998. The number of anilines is 1. The average molecular weight is 376 g/mol. The van der Waals surface area contributed by atoms with Gasteiger partial charge in [-0.2, -0.15) is 0 Å². The lowest BCUT2D eigenvalue weighted by Gasteiger charge is -2.23. The Labute approximate surface area is 156 Å². The fraction of sp³-hybridized carbons (Fsp3) is 0.278. The van der Waals surface area contributed by atoms with E-state index < -0.39 is 0 Å². The summed E-state index contributed by atoms with van der Waals surface area (Å²) in [5.41, 5.74) is 1.11. The molecule has 1 aromatic carbocycles. The number of carbonyl (C=O) groups is 1. The number of carbonyl (C=O) groups excluding carboxylic acids is 1. The molecule has 0 unspecified atom stereocenters. The van der Waals surface area contributed by atoms with E-state index in [1.807, 2.05) is 26.0 Å². The summed E-state index contributed by atoms with van der Waals surface area (Å²) in [7, 11) is 0. The lowest BCUT2D eigenvalue weighted by Crippen LogP contribution is -2.35. The van der Waals surface area contributed by atoms with Crippen molar-refractivity contribution in [2.75, 3.05) is 17.3 Å². The van der Waals surface area contributed by atoms with Crippen molar-refractivity contribution in [2.24, 2.45) is 4.99 Å². The smallest absolute Gasteiger partial charge is 0.269 e. The minimum Gasteiger partial charge on any atom is -0.477 e. The van der Waals surface area contributed by atoms with Crippen molar-refractivity contribution in [2.45, 2.75) is 19.9 Å². The number of amidine groups is 1. The highest BCUT2D eigenvalue weighted by atomic mass is 35.5. The summed E-state index contributed by atoms with van der Waals surface area (Å²) in [6.45, 7) is 4.32. The van der Waals surface area contributed by atoms with E-state index in [-0.39, 0.29) is 11.9 Å². The molecule has 1 aliphatic heterocycles. The van der Waals surface area contributed by atoms with Gasteiger partial charge >= 0.3 is 0 Å². The highest BCUT2D eigenvalue weighted by Gasteiger charge is 2.29. The molecule has 0 fully saturated rings. The number of aliphatic imine (C=N–C) groups is 1. The number of thioether (sulfide) groups is 1. The third kappa shape index (κ3) is 3.96. The second-order valence-electron chi connectivity index (χ2n) is 5.48. The number of halogens is 1. The first-order valence-corrected chi connectivity index (χ1v) is 9.35. The van der Waals surface area contributed by atoms with Gasteiger partial charge in [0.05, 0.1) is 18.3 Å². The van der Waals surface area contributed by atoms with E-state index in [9.17, 15) is 4.79 Å². The van der Waals surface area contributed by atoms with Crippen LogP contribution in [0.15, 0.2) is 47.6 Å². The Morgan fingerprint density at radius 2 is 2.12 bits per heavy atom. The molecule has 2 aromatic rings. The molecule has 0 aliphatic carbocycles. The Morgan fingerprint density at radius 1 is 1.36 bits per heavy atom. The van der Waals surface area contributed by atoms with Gasteiger partial charge in [0.15, 0.2) is 5.17 Å². The van der Waals surface area contributed by atoms with Crippen molar-refractivity contribution in [3.63, 3.8) is 0 Å². The van der Waals surface area contributed by atoms with Crippen LogP contribution in [-0.4, -0.2) is 34.5 Å². The quantitative estimate of drug-likeness (QED) is 0.800. The molecule has 1 aliphatic rings. The summed E-state index contributed by atoms with van der Waals surface area (Å²) >= 11 is 7.55. The van der Waals surface area contributed by atoms with Gasteiger partial charge in [-0.1, -0.05) is 23.4 Å². The second kappa shape index (κ2) is 7.89. The summed E-state index contributed by atoms with van der Waals surface area (Å²) in [6, 6.07) is 10.7. The van der Waals surface area contributed by atoms with Crippen molar-refractivity contribution in [1.82, 2.24) is 4.98 Å². The normalized spacial score (nSPS) is 16.4. The fourth-order valence-electron chi connectivity index (χ4n) is 2.41. The monoisotopic (exact) mass is 375 g/mol. The molecule has 0 radical (unpaired) electrons. The summed E-state index contributed by atoms with van der Waals surface area (Å²) in [4.78, 5) is 23.7. The van der Waals surface area contributed by atoms with Crippen LogP contribution in [0.5, 0.6) is 5.88 Å². The third-order valence-electron chi connectivity index (χ3n) is 3.55. The minimum absolute atomic E-state index is 0.169. The lowest BCUT2D eigenvalue weighted by atomic mass is 10.2. The number of aromatic nitrogens is 1.